The van der Waals surface area contributed by atoms with Gasteiger partial charge in [0.2, 0.25) is 0 Å². The molecule has 2 unspecified atom stereocenters. The van der Waals surface area contributed by atoms with E-state index in [4.69, 9.17) is 16.3 Å². The lowest BCUT2D eigenvalue weighted by atomic mass is 10.1. The van der Waals surface area contributed by atoms with E-state index in [2.05, 4.69) is 5.32 Å². The van der Waals surface area contributed by atoms with E-state index in [0.717, 1.165) is 17.7 Å². The van der Waals surface area contributed by atoms with E-state index >= 15 is 0 Å². The summed E-state index contributed by atoms with van der Waals surface area (Å²) in [6.07, 6.45) is 4.14. The number of likely N-dealkylation sites (tertiary alicyclic amines) is 1. The number of rotatable bonds is 9. The molecular weight excluding hydrogens is 456 g/mol. The summed E-state index contributed by atoms with van der Waals surface area (Å²) in [4.78, 5) is 40.9. The van der Waals surface area contributed by atoms with E-state index < -0.39 is 17.9 Å². The van der Waals surface area contributed by atoms with Crippen molar-refractivity contribution in [1.82, 2.24) is 10.2 Å². The van der Waals surface area contributed by atoms with Gasteiger partial charge >= 0.3 is 5.97 Å². The second-order valence-corrected chi connectivity index (χ2v) is 9.53. The second kappa shape index (κ2) is 11.5. The van der Waals surface area contributed by atoms with Crippen molar-refractivity contribution in [2.24, 2.45) is 0 Å². The summed E-state index contributed by atoms with van der Waals surface area (Å²) in [6, 6.07) is 9.82. The minimum atomic E-state index is -0.851. The molecule has 1 saturated heterocycles. The second-order valence-electron chi connectivity index (χ2n) is 7.16. The van der Waals surface area contributed by atoms with Crippen LogP contribution in [0.3, 0.4) is 0 Å². The Morgan fingerprint density at radius 2 is 2.10 bits per heavy atom. The number of benzene rings is 1. The van der Waals surface area contributed by atoms with E-state index in [9.17, 15) is 14.4 Å². The zero-order valence-corrected chi connectivity index (χ0v) is 19.6. The number of hydrogen-bond donors (Lipinski definition) is 1. The first-order valence-electron chi connectivity index (χ1n) is 10.0. The average molecular weight is 481 g/mol. The number of esters is 1. The highest BCUT2D eigenvalue weighted by Crippen LogP contribution is 2.34. The fourth-order valence-electron chi connectivity index (χ4n) is 3.52. The summed E-state index contributed by atoms with van der Waals surface area (Å²) in [7, 11) is 0. The first-order valence-corrected chi connectivity index (χ1v) is 12.7. The number of hydrogen-bond acceptors (Lipinski definition) is 6. The van der Waals surface area contributed by atoms with Crippen molar-refractivity contribution in [3.8, 4) is 0 Å². The van der Waals surface area contributed by atoms with Gasteiger partial charge in [-0.2, -0.15) is 11.8 Å². The smallest absolute Gasteiger partial charge is 0.329 e. The average Bonchev–Trinajstić information content (AvgIpc) is 3.46. The molecule has 1 aliphatic heterocycles. The molecule has 31 heavy (non-hydrogen) atoms. The van der Waals surface area contributed by atoms with Crippen molar-refractivity contribution >= 4 is 52.5 Å². The van der Waals surface area contributed by atoms with Crippen LogP contribution in [-0.4, -0.2) is 53.9 Å². The minimum Gasteiger partial charge on any atom is -0.454 e. The maximum Gasteiger partial charge on any atom is 0.329 e. The largest absolute Gasteiger partial charge is 0.454 e. The monoisotopic (exact) mass is 480 g/mol. The molecule has 2 amide bonds. The van der Waals surface area contributed by atoms with Gasteiger partial charge in [0, 0.05) is 11.4 Å². The number of nitrogens with one attached hydrogen (secondary N) is 1. The summed E-state index contributed by atoms with van der Waals surface area (Å²) in [5.41, 5.74) is 0.290. The summed E-state index contributed by atoms with van der Waals surface area (Å²) < 4.78 is 5.32. The van der Waals surface area contributed by atoms with Crippen molar-refractivity contribution < 1.29 is 19.1 Å². The standard InChI is InChI=1S/C22H25ClN2O4S2/c1-30-13-10-17(24-21(27)15-6-2-3-7-16(15)23)22(28)29-14-20(26)25-11-4-8-18(25)19-9-5-12-31-19/h2-3,5-7,9,12,17-18H,4,8,10-11,13-14H2,1H3,(H,24,27). The maximum absolute atomic E-state index is 12.7. The Morgan fingerprint density at radius 3 is 2.81 bits per heavy atom. The van der Waals surface area contributed by atoms with Gasteiger partial charge in [0.25, 0.3) is 11.8 Å². The number of thioether (sulfide) groups is 1. The molecule has 6 nitrogen and oxygen atoms in total. The lowest BCUT2D eigenvalue weighted by molar-refractivity contribution is -0.154. The van der Waals surface area contributed by atoms with E-state index in [0.29, 0.717) is 23.7 Å². The number of thiophene rings is 1. The molecule has 1 N–H and O–H groups in total. The molecule has 1 aliphatic rings. The molecule has 166 valence electrons. The number of nitrogens with zero attached hydrogens (tertiary/aromatic N) is 1. The minimum absolute atomic E-state index is 0.0402. The van der Waals surface area contributed by atoms with Crippen molar-refractivity contribution in [3.05, 3.63) is 57.2 Å². The zero-order chi connectivity index (χ0) is 22.2. The molecule has 2 heterocycles. The third kappa shape index (κ3) is 6.24. The Morgan fingerprint density at radius 1 is 1.29 bits per heavy atom. The summed E-state index contributed by atoms with van der Waals surface area (Å²) >= 11 is 9.27. The van der Waals surface area contributed by atoms with Crippen molar-refractivity contribution in [1.29, 1.82) is 0 Å². The van der Waals surface area contributed by atoms with Crippen LogP contribution >= 0.6 is 34.7 Å². The molecule has 2 aromatic rings. The van der Waals surface area contributed by atoms with Crippen LogP contribution in [0.5, 0.6) is 0 Å². The first kappa shape index (κ1) is 23.6. The first-order chi connectivity index (χ1) is 15.0. The van der Waals surface area contributed by atoms with Crippen LogP contribution in [-0.2, 0) is 14.3 Å². The molecule has 0 saturated carbocycles. The summed E-state index contributed by atoms with van der Waals surface area (Å²) in [5, 5.41) is 5.00. The maximum atomic E-state index is 12.7. The van der Waals surface area contributed by atoms with Crippen LogP contribution in [0.25, 0.3) is 0 Å². The van der Waals surface area contributed by atoms with Gasteiger partial charge in [-0.15, -0.1) is 11.3 Å². The van der Waals surface area contributed by atoms with Crippen LogP contribution < -0.4 is 5.32 Å². The van der Waals surface area contributed by atoms with Crippen LogP contribution in [0.1, 0.15) is 40.5 Å². The Hall–Kier alpha value is -2.03. The third-order valence-corrected chi connectivity index (χ3v) is 7.05. The molecule has 2 atom stereocenters. The van der Waals surface area contributed by atoms with Gasteiger partial charge in [0.05, 0.1) is 16.6 Å². The van der Waals surface area contributed by atoms with E-state index in [-0.39, 0.29) is 24.1 Å². The van der Waals surface area contributed by atoms with Gasteiger partial charge in [0.15, 0.2) is 6.61 Å². The molecule has 0 aliphatic carbocycles. The van der Waals surface area contributed by atoms with Gasteiger partial charge in [-0.05, 0) is 54.9 Å². The number of carbonyl (C=O) groups is 3. The van der Waals surface area contributed by atoms with Crippen molar-refractivity contribution in [2.45, 2.75) is 31.3 Å². The van der Waals surface area contributed by atoms with Crippen LogP contribution in [0, 0.1) is 0 Å². The highest BCUT2D eigenvalue weighted by Gasteiger charge is 2.32. The fraction of sp³-hybridized carbons (Fsp3) is 0.409. The summed E-state index contributed by atoms with van der Waals surface area (Å²) in [6.45, 7) is 0.316. The molecule has 3 rings (SSSR count). The molecule has 0 spiro atoms. The molecule has 1 aromatic carbocycles. The lowest BCUT2D eigenvalue weighted by Crippen LogP contribution is -2.43. The van der Waals surface area contributed by atoms with Crippen molar-refractivity contribution in [2.75, 3.05) is 25.2 Å². The van der Waals surface area contributed by atoms with Gasteiger partial charge in [0.1, 0.15) is 6.04 Å². The topological polar surface area (TPSA) is 75.7 Å². The summed E-state index contributed by atoms with van der Waals surface area (Å²) in [5.74, 6) is -0.624. The Bertz CT molecular complexity index is 907. The third-order valence-electron chi connectivity index (χ3n) is 5.10. The Balaban J connectivity index is 1.59. The zero-order valence-electron chi connectivity index (χ0n) is 17.2. The predicted octanol–water partition coefficient (Wildman–Crippen LogP) is 4.16. The fourth-order valence-corrected chi connectivity index (χ4v) is 5.09. The Kier molecular flexibility index (Phi) is 8.80. The number of amides is 2. The van der Waals surface area contributed by atoms with Gasteiger partial charge in [-0.25, -0.2) is 4.79 Å². The number of halogens is 1. The van der Waals surface area contributed by atoms with Crippen LogP contribution in [0.15, 0.2) is 41.8 Å². The quantitative estimate of drug-likeness (QED) is 0.545. The van der Waals surface area contributed by atoms with Crippen LogP contribution in [0.4, 0.5) is 0 Å². The molecule has 0 radical (unpaired) electrons. The number of ether oxygens (including phenoxy) is 1. The number of carbonyl (C=O) groups excluding carboxylic acids is 3. The predicted molar refractivity (Wildman–Crippen MR) is 125 cm³/mol. The van der Waals surface area contributed by atoms with E-state index in [1.807, 2.05) is 23.8 Å². The van der Waals surface area contributed by atoms with Crippen molar-refractivity contribution in [3.63, 3.8) is 0 Å². The van der Waals surface area contributed by atoms with E-state index in [1.54, 1.807) is 52.3 Å². The normalized spacial score (nSPS) is 16.7. The molecule has 0 bridgehead atoms. The molecular formula is C22H25ClN2O4S2. The molecule has 1 aromatic heterocycles. The highest BCUT2D eigenvalue weighted by molar-refractivity contribution is 7.98. The van der Waals surface area contributed by atoms with Crippen LogP contribution in [0.2, 0.25) is 5.02 Å². The lowest BCUT2D eigenvalue weighted by Gasteiger charge is -2.24. The Labute approximate surface area is 195 Å². The highest BCUT2D eigenvalue weighted by atomic mass is 35.5. The molecule has 9 heteroatoms. The SMILES string of the molecule is CSCCC(NC(=O)c1ccccc1Cl)C(=O)OCC(=O)N1CCCC1c1cccs1. The van der Waals surface area contributed by atoms with Gasteiger partial charge < -0.3 is 15.0 Å². The van der Waals surface area contributed by atoms with Gasteiger partial charge in [-0.1, -0.05) is 29.8 Å². The van der Waals surface area contributed by atoms with E-state index in [1.165, 1.54) is 0 Å². The molecule has 1 fully saturated rings. The van der Waals surface area contributed by atoms with Gasteiger partial charge in [-0.3, -0.25) is 9.59 Å².